The zero-order chi connectivity index (χ0) is 17.4. The molecule has 0 saturated carbocycles. The van der Waals surface area contributed by atoms with Crippen LogP contribution in [0.15, 0.2) is 18.2 Å². The number of rotatable bonds is 6. The third-order valence-corrected chi connectivity index (χ3v) is 4.37. The van der Waals surface area contributed by atoms with Crippen LogP contribution in [-0.4, -0.2) is 56.0 Å². The largest absolute Gasteiger partial charge is 0.347 e. The van der Waals surface area contributed by atoms with Gasteiger partial charge in [-0.1, -0.05) is 32.0 Å². The predicted molar refractivity (Wildman–Crippen MR) is 96.1 cm³/mol. The van der Waals surface area contributed by atoms with E-state index in [9.17, 15) is 9.59 Å². The zero-order valence-electron chi connectivity index (χ0n) is 14.7. The van der Waals surface area contributed by atoms with Crippen LogP contribution in [0.5, 0.6) is 0 Å². The Bertz CT molecular complexity index is 546. The zero-order valence-corrected chi connectivity index (χ0v) is 14.7. The number of hydrogen-bond acceptors (Lipinski definition) is 4. The molecule has 0 spiro atoms. The lowest BCUT2D eigenvalue weighted by molar-refractivity contribution is -0.136. The van der Waals surface area contributed by atoms with Crippen molar-refractivity contribution in [1.29, 1.82) is 0 Å². The molecule has 1 fully saturated rings. The molecule has 1 aromatic rings. The van der Waals surface area contributed by atoms with E-state index < -0.39 is 11.8 Å². The summed E-state index contributed by atoms with van der Waals surface area (Å²) < 4.78 is 0. The van der Waals surface area contributed by atoms with Gasteiger partial charge in [0.05, 0.1) is 0 Å². The van der Waals surface area contributed by atoms with Gasteiger partial charge < -0.3 is 16.0 Å². The van der Waals surface area contributed by atoms with Crippen LogP contribution >= 0.6 is 0 Å². The first-order chi connectivity index (χ1) is 11.7. The van der Waals surface area contributed by atoms with E-state index in [-0.39, 0.29) is 0 Å². The molecule has 1 aliphatic rings. The summed E-state index contributed by atoms with van der Waals surface area (Å²) in [5, 5.41) is 8.79. The van der Waals surface area contributed by atoms with Gasteiger partial charge >= 0.3 is 11.8 Å². The maximum absolute atomic E-state index is 12.2. The molecule has 6 nitrogen and oxygen atoms in total. The lowest BCUT2D eigenvalue weighted by Gasteiger charge is -2.27. The highest BCUT2D eigenvalue weighted by Gasteiger charge is 2.17. The third-order valence-electron chi connectivity index (χ3n) is 4.37. The molecule has 0 aromatic heterocycles. The molecule has 0 radical (unpaired) electrons. The van der Waals surface area contributed by atoms with Crippen LogP contribution in [-0.2, 0) is 22.4 Å². The quantitative estimate of drug-likeness (QED) is 0.673. The first-order valence-corrected chi connectivity index (χ1v) is 8.78. The molecule has 1 heterocycles. The molecule has 0 atom stereocenters. The number of anilines is 1. The number of nitrogens with one attached hydrogen (secondary N) is 3. The standard InChI is InChI=1S/C18H28N4O2/c1-3-14-6-5-7-15(4-2)16(14)21-18(24)17(23)20-10-13-22-11-8-19-9-12-22/h5-7,19H,3-4,8-13H2,1-2H3,(H,20,23)(H,21,24). The summed E-state index contributed by atoms with van der Waals surface area (Å²) in [5.74, 6) is -1.16. The Kier molecular flexibility index (Phi) is 7.21. The SMILES string of the molecule is CCc1cccc(CC)c1NC(=O)C(=O)NCCN1CCNCC1. The molecular formula is C18H28N4O2. The van der Waals surface area contributed by atoms with E-state index in [1.54, 1.807) is 0 Å². The Hall–Kier alpha value is -1.92. The van der Waals surface area contributed by atoms with Gasteiger partial charge in [-0.15, -0.1) is 0 Å². The van der Waals surface area contributed by atoms with Crippen LogP contribution < -0.4 is 16.0 Å². The van der Waals surface area contributed by atoms with Crippen molar-refractivity contribution in [2.45, 2.75) is 26.7 Å². The molecule has 2 rings (SSSR count). The summed E-state index contributed by atoms with van der Waals surface area (Å²) in [5.41, 5.74) is 2.89. The van der Waals surface area contributed by atoms with Gasteiger partial charge in [0, 0.05) is 45.0 Å². The van der Waals surface area contributed by atoms with Crippen LogP contribution in [0.25, 0.3) is 0 Å². The average molecular weight is 332 g/mol. The minimum atomic E-state index is -0.592. The first kappa shape index (κ1) is 18.4. The highest BCUT2D eigenvalue weighted by Crippen LogP contribution is 2.22. The minimum absolute atomic E-state index is 0.488. The van der Waals surface area contributed by atoms with E-state index in [1.165, 1.54) is 0 Å². The average Bonchev–Trinajstić information content (AvgIpc) is 2.62. The molecule has 1 aromatic carbocycles. The van der Waals surface area contributed by atoms with E-state index >= 15 is 0 Å². The second kappa shape index (κ2) is 9.39. The topological polar surface area (TPSA) is 73.5 Å². The number of amides is 2. The van der Waals surface area contributed by atoms with Crippen molar-refractivity contribution in [2.24, 2.45) is 0 Å². The van der Waals surface area contributed by atoms with Gasteiger partial charge in [0.2, 0.25) is 0 Å². The smallest absolute Gasteiger partial charge is 0.313 e. The molecule has 3 N–H and O–H groups in total. The van der Waals surface area contributed by atoms with Crippen LogP contribution in [0.2, 0.25) is 0 Å². The summed E-state index contributed by atoms with van der Waals surface area (Å²) >= 11 is 0. The highest BCUT2D eigenvalue weighted by molar-refractivity contribution is 6.39. The van der Waals surface area contributed by atoms with Crippen LogP contribution in [0.4, 0.5) is 5.69 Å². The van der Waals surface area contributed by atoms with E-state index in [1.807, 2.05) is 32.0 Å². The van der Waals surface area contributed by atoms with E-state index in [0.29, 0.717) is 6.54 Å². The van der Waals surface area contributed by atoms with Gasteiger partial charge in [-0.3, -0.25) is 14.5 Å². The van der Waals surface area contributed by atoms with Crippen molar-refractivity contribution < 1.29 is 9.59 Å². The van der Waals surface area contributed by atoms with Gasteiger partial charge in [-0.25, -0.2) is 0 Å². The first-order valence-electron chi connectivity index (χ1n) is 8.78. The van der Waals surface area contributed by atoms with Gasteiger partial charge in [0.25, 0.3) is 0 Å². The molecule has 2 amide bonds. The lowest BCUT2D eigenvalue weighted by atomic mass is 10.0. The van der Waals surface area contributed by atoms with Crippen molar-refractivity contribution in [2.75, 3.05) is 44.6 Å². The summed E-state index contributed by atoms with van der Waals surface area (Å²) in [6.45, 7) is 9.24. The molecule has 6 heteroatoms. The number of carbonyl (C=O) groups excluding carboxylic acids is 2. The fourth-order valence-corrected chi connectivity index (χ4v) is 2.92. The summed E-state index contributed by atoms with van der Waals surface area (Å²) in [6, 6.07) is 5.95. The van der Waals surface area contributed by atoms with E-state index in [2.05, 4.69) is 20.9 Å². The minimum Gasteiger partial charge on any atom is -0.347 e. The normalized spacial score (nSPS) is 15.1. The third kappa shape index (κ3) is 5.04. The van der Waals surface area contributed by atoms with Crippen molar-refractivity contribution >= 4 is 17.5 Å². The Morgan fingerprint density at radius 2 is 1.71 bits per heavy atom. The number of aryl methyl sites for hydroxylation is 2. The Morgan fingerprint density at radius 1 is 1.08 bits per heavy atom. The summed E-state index contributed by atoms with van der Waals surface area (Å²) in [6.07, 6.45) is 1.63. The molecule has 0 bridgehead atoms. The van der Waals surface area contributed by atoms with Gasteiger partial charge in [-0.2, -0.15) is 0 Å². The van der Waals surface area contributed by atoms with E-state index in [4.69, 9.17) is 0 Å². The fraction of sp³-hybridized carbons (Fsp3) is 0.556. The summed E-state index contributed by atoms with van der Waals surface area (Å²) in [4.78, 5) is 26.5. The lowest BCUT2D eigenvalue weighted by Crippen LogP contribution is -2.47. The number of carbonyl (C=O) groups is 2. The van der Waals surface area contributed by atoms with Crippen molar-refractivity contribution in [3.8, 4) is 0 Å². The molecule has 24 heavy (non-hydrogen) atoms. The Morgan fingerprint density at radius 3 is 2.29 bits per heavy atom. The van der Waals surface area contributed by atoms with Crippen molar-refractivity contribution in [3.05, 3.63) is 29.3 Å². The second-order valence-corrected chi connectivity index (χ2v) is 5.96. The number of benzene rings is 1. The fourth-order valence-electron chi connectivity index (χ4n) is 2.92. The van der Waals surface area contributed by atoms with Crippen LogP contribution in [0, 0.1) is 0 Å². The van der Waals surface area contributed by atoms with Crippen molar-refractivity contribution in [3.63, 3.8) is 0 Å². The monoisotopic (exact) mass is 332 g/mol. The second-order valence-electron chi connectivity index (χ2n) is 5.96. The number of nitrogens with zero attached hydrogens (tertiary/aromatic N) is 1. The number of para-hydroxylation sites is 1. The van der Waals surface area contributed by atoms with Crippen molar-refractivity contribution in [1.82, 2.24) is 15.5 Å². The molecule has 1 aliphatic heterocycles. The highest BCUT2D eigenvalue weighted by atomic mass is 16.2. The number of piperazine rings is 1. The molecule has 132 valence electrons. The maximum Gasteiger partial charge on any atom is 0.313 e. The Balaban J connectivity index is 1.86. The maximum atomic E-state index is 12.2. The van der Waals surface area contributed by atoms with Gasteiger partial charge in [0.1, 0.15) is 0 Å². The Labute approximate surface area is 144 Å². The molecule has 0 unspecified atom stereocenters. The number of hydrogen-bond donors (Lipinski definition) is 3. The summed E-state index contributed by atoms with van der Waals surface area (Å²) in [7, 11) is 0. The van der Waals surface area contributed by atoms with E-state index in [0.717, 1.165) is 62.4 Å². The van der Waals surface area contributed by atoms with Crippen LogP contribution in [0.3, 0.4) is 0 Å². The molecular weight excluding hydrogens is 304 g/mol. The molecule has 1 saturated heterocycles. The van der Waals surface area contributed by atoms with Gasteiger partial charge in [-0.05, 0) is 24.0 Å². The predicted octanol–water partition coefficient (Wildman–Crippen LogP) is 0.771. The molecule has 0 aliphatic carbocycles. The van der Waals surface area contributed by atoms with Gasteiger partial charge in [0.15, 0.2) is 0 Å². The van der Waals surface area contributed by atoms with Crippen LogP contribution in [0.1, 0.15) is 25.0 Å².